The van der Waals surface area contributed by atoms with E-state index in [-0.39, 0.29) is 5.69 Å². The van der Waals surface area contributed by atoms with Gasteiger partial charge in [0.25, 0.3) is 0 Å². The minimum absolute atomic E-state index is 0.250. The third kappa shape index (κ3) is 3.30. The second-order valence-electron chi connectivity index (χ2n) is 4.80. The molecule has 1 aromatic heterocycles. The Morgan fingerprint density at radius 1 is 1.13 bits per heavy atom. The van der Waals surface area contributed by atoms with Gasteiger partial charge in [-0.3, -0.25) is 0 Å². The second kappa shape index (κ2) is 6.56. The lowest BCUT2D eigenvalue weighted by molar-refractivity contribution is 0.0593. The summed E-state index contributed by atoms with van der Waals surface area (Å²) in [5, 5.41) is 5.01. The zero-order valence-electron chi connectivity index (χ0n) is 12.2. The van der Waals surface area contributed by atoms with Gasteiger partial charge in [-0.25, -0.2) is 9.48 Å². The molecular formula is C17H12BrClN2O2. The number of nitrogens with zero attached hydrogens (tertiary/aromatic N) is 2. The predicted molar refractivity (Wildman–Crippen MR) is 93.0 cm³/mol. The molecule has 0 aliphatic rings. The third-order valence-corrected chi connectivity index (χ3v) is 4.10. The number of benzene rings is 2. The van der Waals surface area contributed by atoms with E-state index in [9.17, 15) is 4.79 Å². The van der Waals surface area contributed by atoms with Gasteiger partial charge in [0, 0.05) is 15.1 Å². The molecule has 0 radical (unpaired) electrons. The number of carbonyl (C=O) groups excluding carboxylic acids is 1. The minimum Gasteiger partial charge on any atom is -0.464 e. The van der Waals surface area contributed by atoms with E-state index in [2.05, 4.69) is 21.0 Å². The molecule has 23 heavy (non-hydrogen) atoms. The van der Waals surface area contributed by atoms with Gasteiger partial charge in [0.1, 0.15) is 0 Å². The Bertz CT molecular complexity index is 779. The summed E-state index contributed by atoms with van der Waals surface area (Å²) in [6.45, 7) is 0. The molecule has 0 unspecified atom stereocenters. The van der Waals surface area contributed by atoms with Crippen LogP contribution in [0, 0.1) is 0 Å². The van der Waals surface area contributed by atoms with E-state index >= 15 is 0 Å². The number of methoxy groups -OCH3 is 1. The van der Waals surface area contributed by atoms with Crippen molar-refractivity contribution in [3.05, 3.63) is 69.8 Å². The first-order valence-electron chi connectivity index (χ1n) is 6.79. The predicted octanol–water partition coefficient (Wildman–Crippen LogP) is 4.74. The molecule has 1 heterocycles. The van der Waals surface area contributed by atoms with Crippen molar-refractivity contribution in [3.8, 4) is 16.9 Å². The number of rotatable bonds is 3. The molecule has 3 rings (SSSR count). The van der Waals surface area contributed by atoms with Crippen LogP contribution in [0.15, 0.2) is 59.1 Å². The van der Waals surface area contributed by atoms with Crippen LogP contribution in [0.5, 0.6) is 0 Å². The van der Waals surface area contributed by atoms with Crippen molar-refractivity contribution in [2.45, 2.75) is 0 Å². The Hall–Kier alpha value is -2.11. The highest BCUT2D eigenvalue weighted by Gasteiger charge is 2.17. The Labute approximate surface area is 146 Å². The van der Waals surface area contributed by atoms with Crippen LogP contribution >= 0.6 is 27.5 Å². The maximum atomic E-state index is 11.8. The van der Waals surface area contributed by atoms with Crippen LogP contribution in [-0.2, 0) is 4.74 Å². The van der Waals surface area contributed by atoms with Crippen molar-refractivity contribution in [1.29, 1.82) is 0 Å². The molecule has 6 heteroatoms. The number of carbonyl (C=O) groups is 1. The molecule has 0 N–H and O–H groups in total. The number of aromatic nitrogens is 2. The molecule has 0 saturated heterocycles. The van der Waals surface area contributed by atoms with E-state index in [1.54, 1.807) is 22.9 Å². The molecule has 0 aliphatic carbocycles. The van der Waals surface area contributed by atoms with Gasteiger partial charge in [-0.15, -0.1) is 0 Å². The highest BCUT2D eigenvalue weighted by Crippen LogP contribution is 2.26. The van der Waals surface area contributed by atoms with Crippen molar-refractivity contribution < 1.29 is 9.53 Å². The van der Waals surface area contributed by atoms with Gasteiger partial charge in [0.05, 0.1) is 18.5 Å². The summed E-state index contributed by atoms with van der Waals surface area (Å²) in [5.41, 5.74) is 2.79. The van der Waals surface area contributed by atoms with Crippen LogP contribution < -0.4 is 0 Å². The third-order valence-electron chi connectivity index (χ3n) is 3.32. The van der Waals surface area contributed by atoms with Crippen LogP contribution in [0.1, 0.15) is 10.5 Å². The van der Waals surface area contributed by atoms with Gasteiger partial charge >= 0.3 is 5.97 Å². The van der Waals surface area contributed by atoms with Gasteiger partial charge in [-0.05, 0) is 42.5 Å². The maximum Gasteiger partial charge on any atom is 0.358 e. The van der Waals surface area contributed by atoms with Crippen molar-refractivity contribution in [3.63, 3.8) is 0 Å². The zero-order valence-corrected chi connectivity index (χ0v) is 14.5. The SMILES string of the molecule is COC(=O)c1cc(-c2ccc(Br)cc2)n(-c2ccc(Cl)cc2)n1. The molecule has 2 aromatic carbocycles. The number of ether oxygens (including phenoxy) is 1. The lowest BCUT2D eigenvalue weighted by atomic mass is 10.1. The molecule has 4 nitrogen and oxygen atoms in total. The molecule has 0 fully saturated rings. The molecule has 0 amide bonds. The van der Waals surface area contributed by atoms with Gasteiger partial charge in [-0.1, -0.05) is 39.7 Å². The van der Waals surface area contributed by atoms with Crippen molar-refractivity contribution in [2.75, 3.05) is 7.11 Å². The first-order valence-corrected chi connectivity index (χ1v) is 7.96. The van der Waals surface area contributed by atoms with E-state index in [0.29, 0.717) is 5.02 Å². The number of halogens is 2. The van der Waals surface area contributed by atoms with E-state index in [0.717, 1.165) is 21.4 Å². The molecule has 0 spiro atoms. The molecule has 0 bridgehead atoms. The molecule has 0 aliphatic heterocycles. The van der Waals surface area contributed by atoms with E-state index in [1.165, 1.54) is 7.11 Å². The fourth-order valence-electron chi connectivity index (χ4n) is 2.19. The Morgan fingerprint density at radius 3 is 2.39 bits per heavy atom. The number of hydrogen-bond acceptors (Lipinski definition) is 3. The smallest absolute Gasteiger partial charge is 0.358 e. The minimum atomic E-state index is -0.476. The summed E-state index contributed by atoms with van der Waals surface area (Å²) in [6, 6.07) is 16.7. The topological polar surface area (TPSA) is 44.1 Å². The lowest BCUT2D eigenvalue weighted by Crippen LogP contribution is -2.04. The summed E-state index contributed by atoms with van der Waals surface area (Å²) in [5.74, 6) is -0.476. The van der Waals surface area contributed by atoms with Gasteiger partial charge in [0.15, 0.2) is 5.69 Å². The largest absolute Gasteiger partial charge is 0.464 e. The van der Waals surface area contributed by atoms with Crippen molar-refractivity contribution in [2.24, 2.45) is 0 Å². The quantitative estimate of drug-likeness (QED) is 0.606. The van der Waals surface area contributed by atoms with E-state index in [1.807, 2.05) is 36.4 Å². The van der Waals surface area contributed by atoms with Crippen LogP contribution in [0.25, 0.3) is 16.9 Å². The fraction of sp³-hybridized carbons (Fsp3) is 0.0588. The lowest BCUT2D eigenvalue weighted by Gasteiger charge is -2.07. The van der Waals surface area contributed by atoms with Crippen LogP contribution in [-0.4, -0.2) is 22.9 Å². The summed E-state index contributed by atoms with van der Waals surface area (Å²) in [7, 11) is 1.34. The second-order valence-corrected chi connectivity index (χ2v) is 6.15. The summed E-state index contributed by atoms with van der Waals surface area (Å²) >= 11 is 9.36. The highest BCUT2D eigenvalue weighted by atomic mass is 79.9. The zero-order chi connectivity index (χ0) is 16.4. The maximum absolute atomic E-state index is 11.8. The first-order chi connectivity index (χ1) is 11.1. The number of esters is 1. The molecular weight excluding hydrogens is 380 g/mol. The van der Waals surface area contributed by atoms with Crippen LogP contribution in [0.3, 0.4) is 0 Å². The normalized spacial score (nSPS) is 10.6. The van der Waals surface area contributed by atoms with Crippen LogP contribution in [0.2, 0.25) is 5.02 Å². The van der Waals surface area contributed by atoms with Crippen molar-refractivity contribution in [1.82, 2.24) is 9.78 Å². The summed E-state index contributed by atoms with van der Waals surface area (Å²) in [4.78, 5) is 11.8. The molecule has 3 aromatic rings. The highest BCUT2D eigenvalue weighted by molar-refractivity contribution is 9.10. The van der Waals surface area contributed by atoms with Gasteiger partial charge in [0.2, 0.25) is 0 Å². The van der Waals surface area contributed by atoms with E-state index in [4.69, 9.17) is 16.3 Å². The van der Waals surface area contributed by atoms with Crippen molar-refractivity contribution >= 4 is 33.5 Å². The fourth-order valence-corrected chi connectivity index (χ4v) is 2.58. The standard InChI is InChI=1S/C17H12BrClN2O2/c1-23-17(22)15-10-16(11-2-4-12(18)5-3-11)21(20-15)14-8-6-13(19)7-9-14/h2-10H,1H3. The average Bonchev–Trinajstić information content (AvgIpc) is 3.01. The first kappa shape index (κ1) is 15.8. The molecule has 116 valence electrons. The Kier molecular flexibility index (Phi) is 4.50. The van der Waals surface area contributed by atoms with E-state index < -0.39 is 5.97 Å². The molecule has 0 atom stereocenters. The summed E-state index contributed by atoms with van der Waals surface area (Å²) in [6.07, 6.45) is 0. The van der Waals surface area contributed by atoms with Gasteiger partial charge in [-0.2, -0.15) is 5.10 Å². The average molecular weight is 392 g/mol. The Morgan fingerprint density at radius 2 is 1.78 bits per heavy atom. The van der Waals surface area contributed by atoms with Gasteiger partial charge < -0.3 is 4.74 Å². The number of hydrogen-bond donors (Lipinski definition) is 0. The summed E-state index contributed by atoms with van der Waals surface area (Å²) < 4.78 is 7.45. The Balaban J connectivity index is 2.16. The monoisotopic (exact) mass is 390 g/mol. The van der Waals surface area contributed by atoms with Crippen LogP contribution in [0.4, 0.5) is 0 Å². The molecule has 0 saturated carbocycles.